The topological polar surface area (TPSA) is 142 Å². The molecule has 3 saturated heterocycles. The minimum atomic E-state index is -1.18. The lowest BCUT2D eigenvalue weighted by atomic mass is 9.98. The van der Waals surface area contributed by atoms with E-state index in [0.717, 1.165) is 0 Å². The van der Waals surface area contributed by atoms with Crippen molar-refractivity contribution in [1.82, 2.24) is 10.6 Å². The average molecular weight is 388 g/mol. The Morgan fingerprint density at radius 1 is 0.852 bits per heavy atom. The van der Waals surface area contributed by atoms with E-state index in [1.807, 2.05) is 0 Å². The van der Waals surface area contributed by atoms with Crippen LogP contribution in [0.2, 0.25) is 0 Å². The maximum Gasteiger partial charge on any atom is 0.322 e. The first-order chi connectivity index (χ1) is 12.5. The molecule has 11 heteroatoms. The van der Waals surface area contributed by atoms with Crippen molar-refractivity contribution in [3.8, 4) is 0 Å². The van der Waals surface area contributed by atoms with Gasteiger partial charge < -0.3 is 39.4 Å². The molecule has 2 amide bonds. The fourth-order valence-corrected chi connectivity index (χ4v) is 3.33. The van der Waals surface area contributed by atoms with Gasteiger partial charge in [-0.1, -0.05) is 0 Å². The SMILES string of the molecule is CC1(C)O[C@H]2[C@@H](O1)[C@@H](C(=O)NCC(=O)NCC(=O)O)O[C@H]1OC(C)(C)O[C@@H]12. The van der Waals surface area contributed by atoms with E-state index >= 15 is 0 Å². The smallest absolute Gasteiger partial charge is 0.322 e. The minimum absolute atomic E-state index is 0.398. The zero-order valence-corrected chi connectivity index (χ0v) is 15.5. The predicted molar refractivity (Wildman–Crippen MR) is 86.2 cm³/mol. The van der Waals surface area contributed by atoms with Gasteiger partial charge in [0.25, 0.3) is 5.91 Å². The molecule has 27 heavy (non-hydrogen) atoms. The molecule has 0 aliphatic carbocycles. The summed E-state index contributed by atoms with van der Waals surface area (Å²) in [6.07, 6.45) is -3.80. The summed E-state index contributed by atoms with van der Waals surface area (Å²) in [5.74, 6) is -4.26. The highest BCUT2D eigenvalue weighted by molar-refractivity contribution is 5.88. The molecule has 0 bridgehead atoms. The van der Waals surface area contributed by atoms with Gasteiger partial charge in [-0.3, -0.25) is 14.4 Å². The van der Waals surface area contributed by atoms with Gasteiger partial charge in [0.2, 0.25) is 5.91 Å². The van der Waals surface area contributed by atoms with Crippen molar-refractivity contribution in [3.63, 3.8) is 0 Å². The van der Waals surface area contributed by atoms with E-state index in [2.05, 4.69) is 10.6 Å². The largest absolute Gasteiger partial charge is 0.480 e. The predicted octanol–water partition coefficient (Wildman–Crippen LogP) is -1.30. The Morgan fingerprint density at radius 2 is 1.44 bits per heavy atom. The number of amides is 2. The van der Waals surface area contributed by atoms with Crippen LogP contribution in [0.1, 0.15) is 27.7 Å². The molecule has 0 saturated carbocycles. The molecular formula is C16H24N2O9. The summed E-state index contributed by atoms with van der Waals surface area (Å²) >= 11 is 0. The normalized spacial score (nSPS) is 35.8. The van der Waals surface area contributed by atoms with Gasteiger partial charge in [0.05, 0.1) is 6.54 Å². The lowest BCUT2D eigenvalue weighted by Crippen LogP contribution is -2.60. The Kier molecular flexibility index (Phi) is 5.16. The number of hydrogen-bond acceptors (Lipinski definition) is 8. The van der Waals surface area contributed by atoms with E-state index in [1.165, 1.54) is 0 Å². The van der Waals surface area contributed by atoms with Crippen LogP contribution < -0.4 is 10.6 Å². The first-order valence-corrected chi connectivity index (χ1v) is 8.60. The van der Waals surface area contributed by atoms with Gasteiger partial charge in [-0.25, -0.2) is 0 Å². The summed E-state index contributed by atoms with van der Waals surface area (Å²) < 4.78 is 29.0. The zero-order valence-electron chi connectivity index (χ0n) is 15.5. The Morgan fingerprint density at radius 3 is 2.11 bits per heavy atom. The molecular weight excluding hydrogens is 364 g/mol. The van der Waals surface area contributed by atoms with Gasteiger partial charge in [0.15, 0.2) is 24.0 Å². The Hall–Kier alpha value is -1.79. The first-order valence-electron chi connectivity index (χ1n) is 8.60. The molecule has 0 radical (unpaired) electrons. The molecule has 152 valence electrons. The van der Waals surface area contributed by atoms with Crippen LogP contribution in [0.4, 0.5) is 0 Å². The number of rotatable bonds is 5. The number of carbonyl (C=O) groups is 3. The highest BCUT2D eigenvalue weighted by Crippen LogP contribution is 2.44. The lowest BCUT2D eigenvalue weighted by Gasteiger charge is -2.36. The Balaban J connectivity index is 1.66. The standard InChI is InChI=1S/C16H24N2O9/c1-15(2)24-9-10(25-15)12-14(27-16(3,4)26-12)23-11(9)13(22)18-5-7(19)17-6-8(20)21/h9-12,14H,5-6H2,1-4H3,(H,17,19)(H,18,22)(H,20,21)/t9-,10+,11+,12-,14+/m1/s1. The Labute approximate surface area is 155 Å². The molecule has 0 aromatic rings. The molecule has 0 aromatic heterocycles. The zero-order chi connectivity index (χ0) is 20.0. The monoisotopic (exact) mass is 388 g/mol. The number of fused-ring (bicyclic) bond motifs is 3. The first kappa shape index (κ1) is 20.0. The van der Waals surface area contributed by atoms with E-state index < -0.39 is 73.2 Å². The molecule has 11 nitrogen and oxygen atoms in total. The van der Waals surface area contributed by atoms with Crippen LogP contribution in [0.15, 0.2) is 0 Å². The van der Waals surface area contributed by atoms with Crippen molar-refractivity contribution >= 4 is 17.8 Å². The molecule has 5 atom stereocenters. The van der Waals surface area contributed by atoms with Crippen LogP contribution in [-0.2, 0) is 38.1 Å². The van der Waals surface area contributed by atoms with Gasteiger partial charge in [-0.05, 0) is 27.7 Å². The van der Waals surface area contributed by atoms with E-state index in [9.17, 15) is 14.4 Å². The second-order valence-corrected chi connectivity index (χ2v) is 7.48. The Bertz CT molecular complexity index is 635. The number of ether oxygens (including phenoxy) is 5. The third-order valence-corrected chi connectivity index (χ3v) is 4.27. The number of hydrogen-bond donors (Lipinski definition) is 3. The number of carbonyl (C=O) groups excluding carboxylic acids is 2. The summed E-state index contributed by atoms with van der Waals surface area (Å²) in [5, 5.41) is 13.1. The summed E-state index contributed by atoms with van der Waals surface area (Å²) in [5.41, 5.74) is 0. The minimum Gasteiger partial charge on any atom is -0.480 e. The molecule has 3 rings (SSSR count). The fraction of sp³-hybridized carbons (Fsp3) is 0.812. The molecule has 0 spiro atoms. The van der Waals surface area contributed by atoms with Crippen LogP contribution in [-0.4, -0.2) is 78.3 Å². The maximum absolute atomic E-state index is 12.6. The molecule has 0 unspecified atom stereocenters. The van der Waals surface area contributed by atoms with Gasteiger partial charge in [0.1, 0.15) is 24.9 Å². The number of carboxylic acids is 1. The van der Waals surface area contributed by atoms with E-state index in [1.54, 1.807) is 27.7 Å². The molecule has 3 aliphatic heterocycles. The molecule has 3 N–H and O–H groups in total. The van der Waals surface area contributed by atoms with Crippen LogP contribution in [0.3, 0.4) is 0 Å². The van der Waals surface area contributed by atoms with Crippen LogP contribution in [0.5, 0.6) is 0 Å². The molecule has 3 aliphatic rings. The van der Waals surface area contributed by atoms with Crippen molar-refractivity contribution in [2.24, 2.45) is 0 Å². The molecule has 3 heterocycles. The van der Waals surface area contributed by atoms with Crippen molar-refractivity contribution in [1.29, 1.82) is 0 Å². The maximum atomic E-state index is 12.6. The third kappa shape index (κ3) is 4.38. The third-order valence-electron chi connectivity index (χ3n) is 4.27. The molecule has 3 fully saturated rings. The highest BCUT2D eigenvalue weighted by atomic mass is 16.9. The second-order valence-electron chi connectivity index (χ2n) is 7.48. The van der Waals surface area contributed by atoms with Crippen LogP contribution in [0, 0.1) is 0 Å². The fourth-order valence-electron chi connectivity index (χ4n) is 3.33. The summed E-state index contributed by atoms with van der Waals surface area (Å²) in [6.45, 7) is 5.96. The van der Waals surface area contributed by atoms with E-state index in [-0.39, 0.29) is 0 Å². The van der Waals surface area contributed by atoms with Gasteiger partial charge in [-0.2, -0.15) is 0 Å². The quantitative estimate of drug-likeness (QED) is 0.524. The van der Waals surface area contributed by atoms with Crippen molar-refractivity contribution in [2.75, 3.05) is 13.1 Å². The van der Waals surface area contributed by atoms with Gasteiger partial charge in [-0.15, -0.1) is 0 Å². The lowest BCUT2D eigenvalue weighted by molar-refractivity contribution is -0.231. The van der Waals surface area contributed by atoms with Crippen molar-refractivity contribution < 1.29 is 43.2 Å². The number of aliphatic carboxylic acids is 1. The highest BCUT2D eigenvalue weighted by Gasteiger charge is 2.62. The number of nitrogens with one attached hydrogen (secondary N) is 2. The number of carboxylic acid groups (broad SMARTS) is 1. The van der Waals surface area contributed by atoms with Crippen LogP contribution in [0.25, 0.3) is 0 Å². The van der Waals surface area contributed by atoms with E-state index in [0.29, 0.717) is 0 Å². The van der Waals surface area contributed by atoms with Gasteiger partial charge >= 0.3 is 5.97 Å². The summed E-state index contributed by atoms with van der Waals surface area (Å²) in [7, 11) is 0. The van der Waals surface area contributed by atoms with Crippen molar-refractivity contribution in [2.45, 2.75) is 70.0 Å². The van der Waals surface area contributed by atoms with Crippen molar-refractivity contribution in [3.05, 3.63) is 0 Å². The average Bonchev–Trinajstić information content (AvgIpc) is 3.03. The van der Waals surface area contributed by atoms with Crippen LogP contribution >= 0.6 is 0 Å². The summed E-state index contributed by atoms with van der Waals surface area (Å²) in [4.78, 5) is 34.6. The van der Waals surface area contributed by atoms with Gasteiger partial charge in [0, 0.05) is 0 Å². The van der Waals surface area contributed by atoms with E-state index in [4.69, 9.17) is 28.8 Å². The second kappa shape index (κ2) is 6.99. The summed E-state index contributed by atoms with van der Waals surface area (Å²) in [6, 6.07) is 0. The molecule has 0 aromatic carbocycles.